The van der Waals surface area contributed by atoms with Gasteiger partial charge in [-0.05, 0) is 18.6 Å². The second-order valence-corrected chi connectivity index (χ2v) is 7.60. The second kappa shape index (κ2) is 6.91. The lowest BCUT2D eigenvalue weighted by Gasteiger charge is -2.21. The normalized spacial score (nSPS) is 19.6. The number of hydrogen-bond acceptors (Lipinski definition) is 7. The van der Waals surface area contributed by atoms with Crippen molar-refractivity contribution >= 4 is 40.5 Å². The van der Waals surface area contributed by atoms with Crippen molar-refractivity contribution in [1.29, 1.82) is 0 Å². The zero-order valence-electron chi connectivity index (χ0n) is 14.3. The predicted octanol–water partition coefficient (Wildman–Crippen LogP) is 2.15. The maximum Gasteiger partial charge on any atom is 0.357 e. The number of rotatable bonds is 3. The van der Waals surface area contributed by atoms with Gasteiger partial charge in [-0.1, -0.05) is 11.6 Å². The van der Waals surface area contributed by atoms with Crippen LogP contribution in [0.2, 0.25) is 5.02 Å². The molecule has 1 fully saturated rings. The lowest BCUT2D eigenvalue weighted by Crippen LogP contribution is -2.33. The van der Waals surface area contributed by atoms with Crippen molar-refractivity contribution in [1.82, 2.24) is 19.3 Å². The number of amides is 1. The van der Waals surface area contributed by atoms with Crippen LogP contribution >= 0.6 is 22.9 Å². The van der Waals surface area contributed by atoms with Crippen LogP contribution in [0.3, 0.4) is 0 Å². The van der Waals surface area contributed by atoms with E-state index in [1.54, 1.807) is 39.2 Å². The van der Waals surface area contributed by atoms with Crippen LogP contribution in [0.4, 0.5) is 0 Å². The van der Waals surface area contributed by atoms with Crippen LogP contribution in [0.1, 0.15) is 38.4 Å². The summed E-state index contributed by atoms with van der Waals surface area (Å²) < 4.78 is 6.40. The topological polar surface area (TPSA) is 103 Å². The minimum Gasteiger partial charge on any atom is -0.464 e. The largest absolute Gasteiger partial charge is 0.464 e. The Morgan fingerprint density at radius 1 is 1.30 bits per heavy atom. The Morgan fingerprint density at radius 3 is 2.89 bits per heavy atom. The highest BCUT2D eigenvalue weighted by Gasteiger charge is 2.37. The van der Waals surface area contributed by atoms with Gasteiger partial charge in [-0.25, -0.2) is 14.8 Å². The molecule has 4 rings (SSSR count). The minimum absolute atomic E-state index is 0.170. The molecule has 8 nitrogen and oxygen atoms in total. The van der Waals surface area contributed by atoms with Crippen molar-refractivity contribution < 1.29 is 14.3 Å². The molecule has 0 radical (unpaired) electrons. The van der Waals surface area contributed by atoms with Crippen molar-refractivity contribution in [3.8, 4) is 0 Å². The number of fused-ring (bicyclic) bond motifs is 1. The van der Waals surface area contributed by atoms with E-state index in [0.717, 1.165) is 0 Å². The number of carbonyl (C=O) groups excluding carboxylic acids is 2. The third-order valence-corrected chi connectivity index (χ3v) is 5.60. The van der Waals surface area contributed by atoms with Gasteiger partial charge < -0.3 is 19.8 Å². The van der Waals surface area contributed by atoms with Gasteiger partial charge in [0.25, 0.3) is 5.91 Å². The predicted molar refractivity (Wildman–Crippen MR) is 100 cm³/mol. The van der Waals surface area contributed by atoms with Gasteiger partial charge in [0.2, 0.25) is 0 Å². The Kier molecular flexibility index (Phi) is 4.58. The van der Waals surface area contributed by atoms with Crippen molar-refractivity contribution in [2.75, 3.05) is 13.7 Å². The Balaban J connectivity index is 1.64. The Bertz CT molecular complexity index is 1030. The van der Waals surface area contributed by atoms with Gasteiger partial charge in [0.1, 0.15) is 16.3 Å². The highest BCUT2D eigenvalue weighted by Crippen LogP contribution is 2.34. The maximum absolute atomic E-state index is 13.1. The molecule has 1 aliphatic heterocycles. The molecule has 1 aliphatic rings. The summed E-state index contributed by atoms with van der Waals surface area (Å²) in [5.41, 5.74) is 7.27. The van der Waals surface area contributed by atoms with Crippen LogP contribution in [-0.2, 0) is 4.74 Å². The van der Waals surface area contributed by atoms with Crippen molar-refractivity contribution in [2.24, 2.45) is 5.73 Å². The average Bonchev–Trinajstić information content (AvgIpc) is 3.37. The van der Waals surface area contributed by atoms with Gasteiger partial charge in [-0.15, -0.1) is 11.3 Å². The van der Waals surface area contributed by atoms with E-state index in [4.69, 9.17) is 22.1 Å². The van der Waals surface area contributed by atoms with E-state index >= 15 is 0 Å². The zero-order chi connectivity index (χ0) is 19.1. The van der Waals surface area contributed by atoms with E-state index in [-0.39, 0.29) is 23.7 Å². The molecule has 1 saturated heterocycles. The number of nitrogens with zero attached hydrogens (tertiary/aromatic N) is 4. The van der Waals surface area contributed by atoms with Crippen LogP contribution in [0, 0.1) is 0 Å². The van der Waals surface area contributed by atoms with Gasteiger partial charge in [0.05, 0.1) is 18.2 Å². The van der Waals surface area contributed by atoms with Gasteiger partial charge in [0.15, 0.2) is 5.69 Å². The molecule has 1 amide bonds. The van der Waals surface area contributed by atoms with Crippen LogP contribution < -0.4 is 5.73 Å². The number of pyridine rings is 1. The molecule has 4 heterocycles. The van der Waals surface area contributed by atoms with Gasteiger partial charge in [0, 0.05) is 30.4 Å². The highest BCUT2D eigenvalue weighted by atomic mass is 35.5. The number of aromatic nitrogens is 3. The van der Waals surface area contributed by atoms with Crippen molar-refractivity contribution in [2.45, 2.75) is 18.5 Å². The molecule has 0 aliphatic carbocycles. The number of esters is 1. The second-order valence-electron chi connectivity index (χ2n) is 6.27. The molecule has 0 bridgehead atoms. The van der Waals surface area contributed by atoms with Crippen LogP contribution in [0.15, 0.2) is 29.9 Å². The molecule has 2 atom stereocenters. The molecular formula is C17H16ClN5O3S. The molecule has 10 heteroatoms. The standard InChI is InChI=1S/C17H16ClN5O3S/c1-26-17(25)12-8-27-15(21-12)13-4-10(19)6-23(13)16(24)11-7-22-5-9(18)2-3-14(22)20-11/h2-3,5,7-8,10,13H,4,6,19H2,1H3/t10-,13+/m1/s1. The zero-order valence-corrected chi connectivity index (χ0v) is 15.9. The smallest absolute Gasteiger partial charge is 0.357 e. The number of likely N-dealkylation sites (tertiary alicyclic amines) is 1. The van der Waals surface area contributed by atoms with E-state index in [1.807, 2.05) is 0 Å². The third-order valence-electron chi connectivity index (χ3n) is 4.43. The number of ether oxygens (including phenoxy) is 1. The number of thiazole rings is 1. The summed E-state index contributed by atoms with van der Waals surface area (Å²) in [5.74, 6) is -0.738. The Morgan fingerprint density at radius 2 is 2.11 bits per heavy atom. The van der Waals surface area contributed by atoms with Crippen LogP contribution in [0.25, 0.3) is 5.65 Å². The van der Waals surface area contributed by atoms with Gasteiger partial charge in [-0.3, -0.25) is 4.79 Å². The molecule has 3 aromatic heterocycles. The first-order valence-electron chi connectivity index (χ1n) is 8.21. The summed E-state index contributed by atoms with van der Waals surface area (Å²) in [6.07, 6.45) is 3.91. The third kappa shape index (κ3) is 3.29. The molecule has 0 saturated carbocycles. The lowest BCUT2D eigenvalue weighted by molar-refractivity contribution is 0.0594. The summed E-state index contributed by atoms with van der Waals surface area (Å²) >= 11 is 7.30. The van der Waals surface area contributed by atoms with Crippen molar-refractivity contribution in [3.63, 3.8) is 0 Å². The summed E-state index contributed by atoms with van der Waals surface area (Å²) in [6.45, 7) is 0.394. The van der Waals surface area contributed by atoms with E-state index in [0.29, 0.717) is 34.3 Å². The van der Waals surface area contributed by atoms with E-state index in [1.165, 1.54) is 18.4 Å². The molecule has 0 aromatic carbocycles. The van der Waals surface area contributed by atoms with Crippen LogP contribution in [0.5, 0.6) is 0 Å². The first-order chi connectivity index (χ1) is 13.0. The number of halogens is 1. The van der Waals surface area contributed by atoms with Gasteiger partial charge >= 0.3 is 5.97 Å². The number of carbonyl (C=O) groups is 2. The first-order valence-corrected chi connectivity index (χ1v) is 9.46. The monoisotopic (exact) mass is 405 g/mol. The fourth-order valence-corrected chi connectivity index (χ4v) is 4.26. The van der Waals surface area contributed by atoms with Crippen LogP contribution in [-0.4, -0.2) is 50.8 Å². The molecule has 0 spiro atoms. The molecule has 0 unspecified atom stereocenters. The highest BCUT2D eigenvalue weighted by molar-refractivity contribution is 7.09. The number of methoxy groups -OCH3 is 1. The fraction of sp³-hybridized carbons (Fsp3) is 0.294. The minimum atomic E-state index is -0.505. The summed E-state index contributed by atoms with van der Waals surface area (Å²) in [4.78, 5) is 35.1. The van der Waals surface area contributed by atoms with Crippen molar-refractivity contribution in [3.05, 3.63) is 51.3 Å². The van der Waals surface area contributed by atoms with E-state index < -0.39 is 5.97 Å². The van der Waals surface area contributed by atoms with E-state index in [9.17, 15) is 9.59 Å². The maximum atomic E-state index is 13.1. The quantitative estimate of drug-likeness (QED) is 0.669. The average molecular weight is 406 g/mol. The Hall–Kier alpha value is -2.49. The molecular weight excluding hydrogens is 390 g/mol. The number of imidazole rings is 1. The summed E-state index contributed by atoms with van der Waals surface area (Å²) in [5, 5.41) is 2.84. The number of hydrogen-bond donors (Lipinski definition) is 1. The summed E-state index contributed by atoms with van der Waals surface area (Å²) in [7, 11) is 1.30. The summed E-state index contributed by atoms with van der Waals surface area (Å²) in [6, 6.07) is 2.99. The first kappa shape index (κ1) is 17.9. The Labute approximate surface area is 163 Å². The van der Waals surface area contributed by atoms with E-state index in [2.05, 4.69) is 9.97 Å². The molecule has 140 valence electrons. The lowest BCUT2D eigenvalue weighted by atomic mass is 10.2. The SMILES string of the molecule is COC(=O)c1csc([C@@H]2C[C@@H](N)CN2C(=O)c2cn3cc(Cl)ccc3n2)n1. The van der Waals surface area contributed by atoms with Gasteiger partial charge in [-0.2, -0.15) is 0 Å². The molecule has 27 heavy (non-hydrogen) atoms. The fourth-order valence-electron chi connectivity index (χ4n) is 3.18. The molecule has 2 N–H and O–H groups in total. The molecule has 3 aromatic rings. The number of nitrogens with two attached hydrogens (primary N) is 1.